The lowest BCUT2D eigenvalue weighted by atomic mass is 9.67. The van der Waals surface area contributed by atoms with Crippen molar-refractivity contribution in [2.45, 2.75) is 44.4 Å². The molecule has 0 spiro atoms. The predicted molar refractivity (Wildman–Crippen MR) is 76.4 cm³/mol. The van der Waals surface area contributed by atoms with E-state index < -0.39 is 0 Å². The summed E-state index contributed by atoms with van der Waals surface area (Å²) in [7, 11) is 0. The zero-order valence-corrected chi connectivity index (χ0v) is 11.8. The Hall–Kier alpha value is -0.860. The van der Waals surface area contributed by atoms with Crippen LogP contribution in [0.2, 0.25) is 0 Å². The van der Waals surface area contributed by atoms with Crippen molar-refractivity contribution in [2.24, 2.45) is 5.92 Å². The third kappa shape index (κ3) is 2.11. The number of rotatable bonds is 4. The fourth-order valence-corrected chi connectivity index (χ4v) is 3.70. The lowest BCUT2D eigenvalue weighted by molar-refractivity contribution is -0.101. The number of hydrogen-bond acceptors (Lipinski definition) is 2. The van der Waals surface area contributed by atoms with Crippen LogP contribution in [0.4, 0.5) is 0 Å². The summed E-state index contributed by atoms with van der Waals surface area (Å²) in [6.45, 7) is 3.96. The average molecular weight is 260 g/mol. The molecule has 0 bridgehead atoms. The SMILES string of the molecule is CCC(CO)C1(c2ccc3c(c2)CCCC3)COC1. The highest BCUT2D eigenvalue weighted by Gasteiger charge is 2.46. The summed E-state index contributed by atoms with van der Waals surface area (Å²) in [6.07, 6.45) is 6.11. The van der Waals surface area contributed by atoms with E-state index in [1.807, 2.05) is 0 Å². The molecule has 1 atom stereocenters. The van der Waals surface area contributed by atoms with Crippen molar-refractivity contribution in [1.82, 2.24) is 0 Å². The van der Waals surface area contributed by atoms with Gasteiger partial charge in [0.25, 0.3) is 0 Å². The molecule has 0 radical (unpaired) electrons. The van der Waals surface area contributed by atoms with Gasteiger partial charge in [0.2, 0.25) is 0 Å². The van der Waals surface area contributed by atoms with E-state index in [1.165, 1.54) is 42.4 Å². The fraction of sp³-hybridized carbons (Fsp3) is 0.647. The van der Waals surface area contributed by atoms with Gasteiger partial charge in [0, 0.05) is 12.0 Å². The number of fused-ring (bicyclic) bond motifs is 1. The van der Waals surface area contributed by atoms with E-state index in [4.69, 9.17) is 4.74 Å². The number of hydrogen-bond donors (Lipinski definition) is 1. The topological polar surface area (TPSA) is 29.5 Å². The second kappa shape index (κ2) is 5.26. The normalized spacial score (nSPS) is 22.4. The van der Waals surface area contributed by atoms with Crippen LogP contribution in [0.15, 0.2) is 18.2 Å². The largest absolute Gasteiger partial charge is 0.396 e. The first kappa shape index (κ1) is 13.1. The van der Waals surface area contributed by atoms with E-state index in [0.717, 1.165) is 19.6 Å². The van der Waals surface area contributed by atoms with Gasteiger partial charge in [0.15, 0.2) is 0 Å². The fourth-order valence-electron chi connectivity index (χ4n) is 3.70. The van der Waals surface area contributed by atoms with Crippen LogP contribution < -0.4 is 0 Å². The van der Waals surface area contributed by atoms with E-state index in [9.17, 15) is 5.11 Å². The summed E-state index contributed by atoms with van der Waals surface area (Å²) in [5.41, 5.74) is 4.52. The monoisotopic (exact) mass is 260 g/mol. The van der Waals surface area contributed by atoms with Gasteiger partial charge in [-0.25, -0.2) is 0 Å². The molecule has 1 aliphatic heterocycles. The number of aliphatic hydroxyl groups is 1. The standard InChI is InChI=1S/C17H24O2/c1-2-15(10-18)17(11-19-12-17)16-8-7-13-5-3-4-6-14(13)9-16/h7-9,15,18H,2-6,10-12H2,1H3. The van der Waals surface area contributed by atoms with E-state index >= 15 is 0 Å². The van der Waals surface area contributed by atoms with Gasteiger partial charge in [-0.3, -0.25) is 0 Å². The first-order valence-electron chi connectivity index (χ1n) is 7.61. The molecule has 2 aliphatic rings. The smallest absolute Gasteiger partial charge is 0.0589 e. The highest BCUT2D eigenvalue weighted by molar-refractivity contribution is 5.39. The van der Waals surface area contributed by atoms with Gasteiger partial charge in [-0.05, 0) is 48.3 Å². The minimum Gasteiger partial charge on any atom is -0.396 e. The first-order valence-corrected chi connectivity index (χ1v) is 7.61. The highest BCUT2D eigenvalue weighted by atomic mass is 16.5. The quantitative estimate of drug-likeness (QED) is 0.902. The summed E-state index contributed by atoms with van der Waals surface area (Å²) in [5.74, 6) is 0.322. The summed E-state index contributed by atoms with van der Waals surface area (Å²) in [6, 6.07) is 6.99. The number of aliphatic hydroxyl groups excluding tert-OH is 1. The molecule has 0 aromatic heterocycles. The molecule has 3 rings (SSSR count). The Morgan fingerprint density at radius 2 is 1.95 bits per heavy atom. The summed E-state index contributed by atoms with van der Waals surface area (Å²) < 4.78 is 5.51. The maximum absolute atomic E-state index is 9.67. The molecule has 19 heavy (non-hydrogen) atoms. The lowest BCUT2D eigenvalue weighted by Crippen LogP contribution is -2.53. The van der Waals surface area contributed by atoms with Crippen LogP contribution in [0.3, 0.4) is 0 Å². The minimum absolute atomic E-state index is 0.0655. The molecular weight excluding hydrogens is 236 g/mol. The zero-order chi connectivity index (χ0) is 13.3. The molecule has 1 aromatic carbocycles. The number of benzene rings is 1. The number of ether oxygens (including phenoxy) is 1. The van der Waals surface area contributed by atoms with Crippen LogP contribution in [0.1, 0.15) is 42.9 Å². The molecule has 1 fully saturated rings. The Bertz CT molecular complexity index is 445. The zero-order valence-electron chi connectivity index (χ0n) is 11.8. The third-order valence-corrected chi connectivity index (χ3v) is 5.14. The Morgan fingerprint density at radius 3 is 2.53 bits per heavy atom. The molecule has 1 N–H and O–H groups in total. The van der Waals surface area contributed by atoms with Crippen LogP contribution in [0.5, 0.6) is 0 Å². The van der Waals surface area contributed by atoms with Crippen LogP contribution in [0, 0.1) is 5.92 Å². The van der Waals surface area contributed by atoms with Gasteiger partial charge >= 0.3 is 0 Å². The van der Waals surface area contributed by atoms with Crippen molar-refractivity contribution in [3.63, 3.8) is 0 Å². The minimum atomic E-state index is 0.0655. The molecule has 0 amide bonds. The van der Waals surface area contributed by atoms with Gasteiger partial charge in [-0.1, -0.05) is 31.5 Å². The average Bonchev–Trinajstić information content (AvgIpc) is 2.42. The highest BCUT2D eigenvalue weighted by Crippen LogP contribution is 2.42. The van der Waals surface area contributed by atoms with Gasteiger partial charge in [-0.2, -0.15) is 0 Å². The van der Waals surface area contributed by atoms with Gasteiger partial charge in [0.1, 0.15) is 0 Å². The van der Waals surface area contributed by atoms with Crippen molar-refractivity contribution in [1.29, 1.82) is 0 Å². The molecule has 2 nitrogen and oxygen atoms in total. The third-order valence-electron chi connectivity index (χ3n) is 5.14. The number of aryl methyl sites for hydroxylation is 2. The summed E-state index contributed by atoms with van der Waals surface area (Å²) in [5, 5.41) is 9.67. The maximum Gasteiger partial charge on any atom is 0.0589 e. The Labute approximate surface area is 115 Å². The molecule has 1 aromatic rings. The molecular formula is C17H24O2. The van der Waals surface area contributed by atoms with Gasteiger partial charge in [0.05, 0.1) is 13.2 Å². The van der Waals surface area contributed by atoms with Crippen molar-refractivity contribution in [3.8, 4) is 0 Å². The Morgan fingerprint density at radius 1 is 1.21 bits per heavy atom. The summed E-state index contributed by atoms with van der Waals surface area (Å²) in [4.78, 5) is 0. The Kier molecular flexibility index (Phi) is 3.64. The maximum atomic E-state index is 9.67. The van der Waals surface area contributed by atoms with E-state index in [-0.39, 0.29) is 12.0 Å². The first-order chi connectivity index (χ1) is 9.30. The molecule has 2 heteroatoms. The van der Waals surface area contributed by atoms with Crippen LogP contribution in [-0.2, 0) is 23.0 Å². The molecule has 1 unspecified atom stereocenters. The van der Waals surface area contributed by atoms with Crippen molar-refractivity contribution >= 4 is 0 Å². The molecule has 1 heterocycles. The summed E-state index contributed by atoms with van der Waals surface area (Å²) >= 11 is 0. The van der Waals surface area contributed by atoms with E-state index in [1.54, 1.807) is 0 Å². The van der Waals surface area contributed by atoms with E-state index in [2.05, 4.69) is 25.1 Å². The lowest BCUT2D eigenvalue weighted by Gasteiger charge is -2.47. The van der Waals surface area contributed by atoms with Crippen LogP contribution in [-0.4, -0.2) is 24.9 Å². The van der Waals surface area contributed by atoms with Crippen molar-refractivity contribution in [3.05, 3.63) is 34.9 Å². The molecule has 0 saturated carbocycles. The van der Waals surface area contributed by atoms with Crippen LogP contribution in [0.25, 0.3) is 0 Å². The van der Waals surface area contributed by atoms with Gasteiger partial charge in [-0.15, -0.1) is 0 Å². The molecule has 1 aliphatic carbocycles. The van der Waals surface area contributed by atoms with Crippen molar-refractivity contribution in [2.75, 3.05) is 19.8 Å². The second-order valence-electron chi connectivity index (χ2n) is 6.13. The van der Waals surface area contributed by atoms with Gasteiger partial charge < -0.3 is 9.84 Å². The van der Waals surface area contributed by atoms with Crippen LogP contribution >= 0.6 is 0 Å². The van der Waals surface area contributed by atoms with E-state index in [0.29, 0.717) is 5.92 Å². The molecule has 104 valence electrons. The predicted octanol–water partition coefficient (Wildman–Crippen LogP) is 2.85. The second-order valence-corrected chi connectivity index (χ2v) is 6.13. The Balaban J connectivity index is 1.95. The van der Waals surface area contributed by atoms with Crippen molar-refractivity contribution < 1.29 is 9.84 Å². The molecule has 1 saturated heterocycles.